The third kappa shape index (κ3) is 4.28. The third-order valence-electron chi connectivity index (χ3n) is 6.02. The molecule has 5 aromatic rings. The van der Waals surface area contributed by atoms with Crippen molar-refractivity contribution in [3.63, 3.8) is 0 Å². The number of H-pyrrole nitrogens is 1. The van der Waals surface area contributed by atoms with Crippen LogP contribution in [-0.4, -0.2) is 49.0 Å². The van der Waals surface area contributed by atoms with Crippen LogP contribution in [-0.2, 0) is 6.42 Å². The average Bonchev–Trinajstić information content (AvgIpc) is 3.22. The predicted molar refractivity (Wildman–Crippen MR) is 140 cm³/mol. The third-order valence-corrected chi connectivity index (χ3v) is 6.90. The van der Waals surface area contributed by atoms with Gasteiger partial charge in [-0.3, -0.25) is 4.98 Å². The number of nitriles is 1. The number of aromatic amines is 1. The molecule has 0 atom stereocenters. The number of benzene rings is 1. The Morgan fingerprint density at radius 2 is 2.03 bits per heavy atom. The fraction of sp³-hybridized carbons (Fsp3) is 0.200. The Balaban J connectivity index is 1.42. The molecule has 1 aliphatic heterocycles. The van der Waals surface area contributed by atoms with Crippen LogP contribution in [0.25, 0.3) is 21.9 Å². The lowest BCUT2D eigenvalue weighted by molar-refractivity contribution is 0.416. The molecule has 0 amide bonds. The normalized spacial score (nSPS) is 13.5. The highest BCUT2D eigenvalue weighted by molar-refractivity contribution is 9.10. The topological polar surface area (TPSA) is 152 Å². The molecule has 0 unspecified atom stereocenters. The van der Waals surface area contributed by atoms with E-state index in [1.165, 1.54) is 12.4 Å². The van der Waals surface area contributed by atoms with E-state index in [0.717, 1.165) is 46.4 Å². The molecule has 4 aromatic heterocycles. The summed E-state index contributed by atoms with van der Waals surface area (Å²) < 4.78 is 13.0. The number of pyridine rings is 1. The van der Waals surface area contributed by atoms with Crippen LogP contribution >= 0.6 is 15.9 Å². The number of anilines is 1. The summed E-state index contributed by atoms with van der Waals surface area (Å²) in [5, 5.41) is 10.7. The first-order chi connectivity index (χ1) is 18.0. The predicted octanol–water partition coefficient (Wildman–Crippen LogP) is 4.22. The van der Waals surface area contributed by atoms with Crippen molar-refractivity contribution in [3.8, 4) is 29.5 Å². The van der Waals surface area contributed by atoms with Crippen molar-refractivity contribution in [2.75, 3.05) is 18.0 Å². The van der Waals surface area contributed by atoms with Gasteiger partial charge in [-0.05, 0) is 40.5 Å². The Morgan fingerprint density at radius 3 is 2.81 bits per heavy atom. The van der Waals surface area contributed by atoms with Crippen LogP contribution in [0.5, 0.6) is 23.4 Å². The maximum atomic E-state index is 9.17. The minimum absolute atomic E-state index is 0.0511. The number of nitrogens with one attached hydrogen (secondary N) is 1. The molecule has 6 rings (SSSR count). The summed E-state index contributed by atoms with van der Waals surface area (Å²) in [6.45, 7) is 3.51. The highest BCUT2D eigenvalue weighted by Crippen LogP contribution is 2.38. The van der Waals surface area contributed by atoms with Gasteiger partial charge in [0.05, 0.1) is 27.1 Å². The molecule has 0 bridgehead atoms. The van der Waals surface area contributed by atoms with Crippen molar-refractivity contribution in [2.24, 2.45) is 5.73 Å². The molecular weight excluding hydrogens is 538 g/mol. The molecule has 0 aliphatic carbocycles. The fourth-order valence-corrected chi connectivity index (χ4v) is 4.93. The minimum Gasteiger partial charge on any atom is -0.438 e. The largest absolute Gasteiger partial charge is 0.438 e. The van der Waals surface area contributed by atoms with E-state index in [4.69, 9.17) is 15.2 Å². The number of nitrogens with two attached hydrogens (primary N) is 1. The van der Waals surface area contributed by atoms with Crippen molar-refractivity contribution in [2.45, 2.75) is 19.4 Å². The lowest BCUT2D eigenvalue weighted by Gasteiger charge is -2.38. The Labute approximate surface area is 219 Å². The molecule has 0 radical (unpaired) electrons. The summed E-state index contributed by atoms with van der Waals surface area (Å²) in [6.07, 6.45) is 5.24. The molecule has 184 valence electrons. The summed E-state index contributed by atoms with van der Waals surface area (Å²) in [6, 6.07) is 9.40. The Morgan fingerprint density at radius 1 is 1.16 bits per heavy atom. The summed E-state index contributed by atoms with van der Waals surface area (Å²) in [5.74, 6) is 2.01. The second-order valence-electron chi connectivity index (χ2n) is 8.57. The highest BCUT2D eigenvalue weighted by atomic mass is 79.9. The lowest BCUT2D eigenvalue weighted by atomic mass is 10.1. The van der Waals surface area contributed by atoms with E-state index in [1.807, 2.05) is 31.2 Å². The van der Waals surface area contributed by atoms with Gasteiger partial charge in [0.1, 0.15) is 29.6 Å². The van der Waals surface area contributed by atoms with Gasteiger partial charge < -0.3 is 25.1 Å². The monoisotopic (exact) mass is 557 g/mol. The van der Waals surface area contributed by atoms with Crippen LogP contribution in [0.2, 0.25) is 0 Å². The molecule has 1 fully saturated rings. The van der Waals surface area contributed by atoms with Gasteiger partial charge in [0.2, 0.25) is 5.88 Å². The molecular formula is C25H20BrN9O2. The minimum atomic E-state index is 0.0511. The maximum Gasteiger partial charge on any atom is 0.327 e. The molecule has 3 N–H and O–H groups in total. The van der Waals surface area contributed by atoms with E-state index < -0.39 is 0 Å². The highest BCUT2D eigenvalue weighted by Gasteiger charge is 2.26. The van der Waals surface area contributed by atoms with Crippen LogP contribution in [0.15, 0.2) is 47.5 Å². The molecule has 0 spiro atoms. The molecule has 0 saturated carbocycles. The van der Waals surface area contributed by atoms with E-state index in [0.29, 0.717) is 34.0 Å². The number of hydrogen-bond acceptors (Lipinski definition) is 10. The Bertz CT molecular complexity index is 1690. The zero-order chi connectivity index (χ0) is 25.5. The lowest BCUT2D eigenvalue weighted by Crippen LogP contribution is -2.56. The average molecular weight is 558 g/mol. The number of aromatic nitrogens is 6. The van der Waals surface area contributed by atoms with Gasteiger partial charge in [-0.1, -0.05) is 6.92 Å². The molecule has 1 aromatic carbocycles. The zero-order valence-electron chi connectivity index (χ0n) is 19.6. The quantitative estimate of drug-likeness (QED) is 0.310. The van der Waals surface area contributed by atoms with Gasteiger partial charge in [0.25, 0.3) is 0 Å². The van der Waals surface area contributed by atoms with Crippen LogP contribution in [0.3, 0.4) is 0 Å². The van der Waals surface area contributed by atoms with Crippen molar-refractivity contribution >= 4 is 43.7 Å². The number of hydrogen-bond donors (Lipinski definition) is 2. The molecule has 11 nitrogen and oxygen atoms in total. The smallest absolute Gasteiger partial charge is 0.327 e. The van der Waals surface area contributed by atoms with E-state index in [9.17, 15) is 5.26 Å². The molecule has 5 heterocycles. The SMILES string of the molecule is CCc1[nH]c2nc(Oc3cncc(C#N)c3)nc(Oc3ccc4ncnc(N5CC(N)C5)c4c3)c2c1Br. The molecule has 1 saturated heterocycles. The number of ether oxygens (including phenoxy) is 2. The van der Waals surface area contributed by atoms with E-state index in [-0.39, 0.29) is 12.1 Å². The van der Waals surface area contributed by atoms with Crippen molar-refractivity contribution in [1.29, 1.82) is 5.26 Å². The summed E-state index contributed by atoms with van der Waals surface area (Å²) in [7, 11) is 0. The van der Waals surface area contributed by atoms with E-state index >= 15 is 0 Å². The molecule has 37 heavy (non-hydrogen) atoms. The summed E-state index contributed by atoms with van der Waals surface area (Å²) >= 11 is 3.66. The number of fused-ring (bicyclic) bond motifs is 2. The zero-order valence-corrected chi connectivity index (χ0v) is 21.2. The van der Waals surface area contributed by atoms with Crippen LogP contribution in [0.4, 0.5) is 5.82 Å². The number of rotatable bonds is 6. The first-order valence-corrected chi connectivity index (χ1v) is 12.4. The summed E-state index contributed by atoms with van der Waals surface area (Å²) in [5.41, 5.74) is 8.65. The Hall–Kier alpha value is -4.34. The van der Waals surface area contributed by atoms with Crippen molar-refractivity contribution in [1.82, 2.24) is 29.9 Å². The fourth-order valence-electron chi connectivity index (χ4n) is 4.20. The second kappa shape index (κ2) is 9.27. The molecule has 12 heteroatoms. The van der Waals surface area contributed by atoms with Gasteiger partial charge in [-0.2, -0.15) is 15.2 Å². The van der Waals surface area contributed by atoms with Gasteiger partial charge in [0.15, 0.2) is 5.75 Å². The van der Waals surface area contributed by atoms with Crippen molar-refractivity contribution in [3.05, 3.63) is 58.7 Å². The number of halogens is 1. The summed E-state index contributed by atoms with van der Waals surface area (Å²) in [4.78, 5) is 27.4. The van der Waals surface area contributed by atoms with E-state index in [1.54, 1.807) is 12.4 Å². The van der Waals surface area contributed by atoms with Gasteiger partial charge in [-0.15, -0.1) is 0 Å². The number of nitrogens with zero attached hydrogens (tertiary/aromatic N) is 7. The van der Waals surface area contributed by atoms with Gasteiger partial charge in [0, 0.05) is 42.5 Å². The van der Waals surface area contributed by atoms with Gasteiger partial charge >= 0.3 is 6.01 Å². The van der Waals surface area contributed by atoms with Gasteiger partial charge in [-0.25, -0.2) is 9.97 Å². The van der Waals surface area contributed by atoms with Crippen molar-refractivity contribution < 1.29 is 9.47 Å². The van der Waals surface area contributed by atoms with E-state index in [2.05, 4.69) is 50.7 Å². The van der Waals surface area contributed by atoms with Crippen LogP contribution in [0.1, 0.15) is 18.2 Å². The Kier molecular flexibility index (Phi) is 5.78. The van der Waals surface area contributed by atoms with Crippen LogP contribution in [0, 0.1) is 11.3 Å². The number of aryl methyl sites for hydroxylation is 1. The standard InChI is InChI=1S/C25H20BrN9O2/c1-2-18-21(26)20-22(32-18)33-25(37-16-5-13(7-27)8-29-9-16)34-24(20)36-15-3-4-19-17(6-15)23(31-12-30-19)35-10-14(28)11-35/h3-6,8-9,12,14H,2,10-11,28H2,1H3,(H,32,33,34). The first kappa shape index (κ1) is 23.1. The van der Waals surface area contributed by atoms with Crippen LogP contribution < -0.4 is 20.1 Å². The maximum absolute atomic E-state index is 9.17. The molecule has 1 aliphatic rings. The first-order valence-electron chi connectivity index (χ1n) is 11.6. The second-order valence-corrected chi connectivity index (χ2v) is 9.37.